The van der Waals surface area contributed by atoms with Gasteiger partial charge in [-0.05, 0) is 31.2 Å². The summed E-state index contributed by atoms with van der Waals surface area (Å²) >= 11 is 0. The third-order valence-corrected chi connectivity index (χ3v) is 5.85. The molecule has 0 radical (unpaired) electrons. The molecule has 0 atom stereocenters. The van der Waals surface area contributed by atoms with Gasteiger partial charge in [-0.1, -0.05) is 19.6 Å². The molecule has 0 saturated carbocycles. The van der Waals surface area contributed by atoms with E-state index in [1.165, 1.54) is 19.6 Å². The third kappa shape index (κ3) is 4.56. The van der Waals surface area contributed by atoms with E-state index in [4.69, 9.17) is 0 Å². The van der Waals surface area contributed by atoms with Gasteiger partial charge >= 0.3 is 12.4 Å². The summed E-state index contributed by atoms with van der Waals surface area (Å²) in [4.78, 5) is 13.8. The average molecular weight is 385 g/mol. The van der Waals surface area contributed by atoms with Crippen molar-refractivity contribution in [3.8, 4) is 0 Å². The summed E-state index contributed by atoms with van der Waals surface area (Å²) < 4.78 is 80.6. The van der Waals surface area contributed by atoms with E-state index >= 15 is 0 Å². The minimum absolute atomic E-state index is 0.105. The monoisotopic (exact) mass is 385 g/mol. The topological polar surface area (TPSA) is 20.3 Å². The lowest BCUT2D eigenvalue weighted by Crippen LogP contribution is -2.49. The highest BCUT2D eigenvalue weighted by molar-refractivity contribution is 6.89. The fourth-order valence-electron chi connectivity index (χ4n) is 2.75. The first-order chi connectivity index (χ1) is 11.2. The van der Waals surface area contributed by atoms with Crippen LogP contribution in [0, 0.1) is 0 Å². The molecular formula is C16H21F6NOSi. The average Bonchev–Trinajstić information content (AvgIpc) is 2.43. The van der Waals surface area contributed by atoms with Crippen molar-refractivity contribution in [2.45, 2.75) is 45.8 Å². The predicted octanol–water partition coefficient (Wildman–Crippen LogP) is 4.75. The van der Waals surface area contributed by atoms with Gasteiger partial charge in [-0.2, -0.15) is 26.3 Å². The van der Waals surface area contributed by atoms with Gasteiger partial charge in [-0.3, -0.25) is 4.79 Å². The fourth-order valence-corrected chi connectivity index (χ4v) is 4.77. The standard InChI is InChI=1S/C16H21F6NOSi/c1-6-23(7-2)14(24)12-10(15(17,18)19)8-9-11(16(20,21)22)13(12)25(3,4)5/h8-9H,6-7H2,1-5H3. The highest BCUT2D eigenvalue weighted by atomic mass is 28.3. The molecule has 9 heteroatoms. The Bertz CT molecular complexity index is 642. The molecule has 0 N–H and O–H groups in total. The Kier molecular flexibility index (Phi) is 6.04. The zero-order chi connectivity index (χ0) is 19.8. The number of hydrogen-bond acceptors (Lipinski definition) is 1. The van der Waals surface area contributed by atoms with Crippen LogP contribution >= 0.6 is 0 Å². The number of benzene rings is 1. The molecule has 142 valence electrons. The number of hydrogen-bond donors (Lipinski definition) is 0. The van der Waals surface area contributed by atoms with Crippen LogP contribution in [0.2, 0.25) is 19.6 Å². The Morgan fingerprint density at radius 3 is 1.64 bits per heavy atom. The van der Waals surface area contributed by atoms with Gasteiger partial charge < -0.3 is 4.90 Å². The molecule has 1 amide bonds. The molecule has 2 nitrogen and oxygen atoms in total. The predicted molar refractivity (Wildman–Crippen MR) is 86.7 cm³/mol. The van der Waals surface area contributed by atoms with Crippen LogP contribution in [0.1, 0.15) is 35.3 Å². The molecule has 1 aromatic rings. The fraction of sp³-hybridized carbons (Fsp3) is 0.562. The zero-order valence-electron chi connectivity index (χ0n) is 14.7. The first kappa shape index (κ1) is 21.5. The number of carbonyl (C=O) groups excluding carboxylic acids is 1. The number of halogens is 6. The van der Waals surface area contributed by atoms with Gasteiger partial charge in [0, 0.05) is 13.1 Å². The molecule has 0 unspecified atom stereocenters. The minimum atomic E-state index is -4.92. The van der Waals surface area contributed by atoms with Crippen LogP contribution in [0.4, 0.5) is 26.3 Å². The summed E-state index contributed by atoms with van der Waals surface area (Å²) in [7, 11) is -2.94. The van der Waals surface area contributed by atoms with Crippen molar-refractivity contribution in [3.63, 3.8) is 0 Å². The summed E-state index contributed by atoms with van der Waals surface area (Å²) in [5, 5.41) is -0.494. The number of carbonyl (C=O) groups is 1. The number of nitrogens with zero attached hydrogens (tertiary/aromatic N) is 1. The van der Waals surface area contributed by atoms with Crippen molar-refractivity contribution < 1.29 is 31.1 Å². The van der Waals surface area contributed by atoms with Gasteiger partial charge in [0.15, 0.2) is 0 Å². The summed E-state index contributed by atoms with van der Waals surface area (Å²) in [6.07, 6.45) is -9.76. The zero-order valence-corrected chi connectivity index (χ0v) is 15.7. The maximum Gasteiger partial charge on any atom is 0.417 e. The largest absolute Gasteiger partial charge is 0.417 e. The molecule has 0 bridgehead atoms. The molecule has 0 heterocycles. The lowest BCUT2D eigenvalue weighted by molar-refractivity contribution is -0.141. The summed E-state index contributed by atoms with van der Waals surface area (Å²) in [5.74, 6) is -1.01. The Hall–Kier alpha value is -1.51. The highest BCUT2D eigenvalue weighted by Gasteiger charge is 2.45. The van der Waals surface area contributed by atoms with Gasteiger partial charge in [0.25, 0.3) is 5.91 Å². The number of rotatable bonds is 4. The third-order valence-electron chi connectivity index (χ3n) is 3.83. The summed E-state index contributed by atoms with van der Waals surface area (Å²) in [6, 6.07) is 0.804. The molecule has 1 aromatic carbocycles. The van der Waals surface area contributed by atoms with Crippen molar-refractivity contribution in [2.75, 3.05) is 13.1 Å². The van der Waals surface area contributed by atoms with Crippen molar-refractivity contribution in [1.29, 1.82) is 0 Å². The van der Waals surface area contributed by atoms with Crippen LogP contribution in [-0.2, 0) is 12.4 Å². The van der Waals surface area contributed by atoms with Gasteiger partial charge in [0.2, 0.25) is 0 Å². The molecule has 0 aliphatic carbocycles. The molecule has 1 rings (SSSR count). The summed E-state index contributed by atoms with van der Waals surface area (Å²) in [5.41, 5.74) is -3.32. The van der Waals surface area contributed by atoms with E-state index in [1.807, 2.05) is 0 Å². The first-order valence-corrected chi connectivity index (χ1v) is 11.3. The van der Waals surface area contributed by atoms with Crippen LogP contribution in [0.3, 0.4) is 0 Å². The number of alkyl halides is 6. The SMILES string of the molecule is CCN(CC)C(=O)c1c(C(F)(F)F)ccc(C(F)(F)F)c1[Si](C)(C)C. The van der Waals surface area contributed by atoms with E-state index in [0.717, 1.165) is 4.90 Å². The smallest absolute Gasteiger partial charge is 0.339 e. The van der Waals surface area contributed by atoms with Crippen LogP contribution in [0.25, 0.3) is 0 Å². The van der Waals surface area contributed by atoms with E-state index in [9.17, 15) is 31.1 Å². The van der Waals surface area contributed by atoms with E-state index < -0.39 is 48.2 Å². The van der Waals surface area contributed by atoms with Crippen molar-refractivity contribution in [1.82, 2.24) is 4.90 Å². The molecule has 25 heavy (non-hydrogen) atoms. The molecule has 0 aliphatic rings. The van der Waals surface area contributed by atoms with Crippen molar-refractivity contribution >= 4 is 19.2 Å². The van der Waals surface area contributed by atoms with Crippen LogP contribution < -0.4 is 5.19 Å². The molecule has 0 fully saturated rings. The van der Waals surface area contributed by atoms with E-state index in [1.54, 1.807) is 13.8 Å². The maximum atomic E-state index is 13.4. The molecule has 0 saturated heterocycles. The second-order valence-corrected chi connectivity index (χ2v) is 11.6. The molecule has 0 aromatic heterocycles. The minimum Gasteiger partial charge on any atom is -0.339 e. The molecule has 0 aliphatic heterocycles. The Balaban J connectivity index is 3.99. The van der Waals surface area contributed by atoms with Crippen LogP contribution in [-0.4, -0.2) is 32.0 Å². The van der Waals surface area contributed by atoms with Crippen molar-refractivity contribution in [2.24, 2.45) is 0 Å². The second-order valence-electron chi connectivity index (χ2n) is 6.63. The van der Waals surface area contributed by atoms with Gasteiger partial charge in [-0.15, -0.1) is 0 Å². The van der Waals surface area contributed by atoms with Crippen LogP contribution in [0.15, 0.2) is 12.1 Å². The van der Waals surface area contributed by atoms with E-state index in [2.05, 4.69) is 0 Å². The Labute approximate surface area is 143 Å². The summed E-state index contributed by atoms with van der Waals surface area (Å²) in [6.45, 7) is 7.83. The maximum absolute atomic E-state index is 13.4. The van der Waals surface area contributed by atoms with Gasteiger partial charge in [0.1, 0.15) is 0 Å². The highest BCUT2D eigenvalue weighted by Crippen LogP contribution is 2.37. The van der Waals surface area contributed by atoms with Gasteiger partial charge in [0.05, 0.1) is 24.8 Å². The van der Waals surface area contributed by atoms with Crippen LogP contribution in [0.5, 0.6) is 0 Å². The van der Waals surface area contributed by atoms with E-state index in [-0.39, 0.29) is 13.1 Å². The lowest BCUT2D eigenvalue weighted by atomic mass is 10.0. The molecule has 0 spiro atoms. The Morgan fingerprint density at radius 1 is 0.920 bits per heavy atom. The second kappa shape index (κ2) is 7.01. The molecular weight excluding hydrogens is 364 g/mol. The Morgan fingerprint density at radius 2 is 1.32 bits per heavy atom. The quantitative estimate of drug-likeness (QED) is 0.541. The normalized spacial score (nSPS) is 13.1. The first-order valence-electron chi connectivity index (χ1n) is 7.77. The van der Waals surface area contributed by atoms with Gasteiger partial charge in [-0.25, -0.2) is 0 Å². The van der Waals surface area contributed by atoms with Crippen molar-refractivity contribution in [3.05, 3.63) is 28.8 Å². The van der Waals surface area contributed by atoms with E-state index in [0.29, 0.717) is 12.1 Å². The number of amides is 1. The lowest BCUT2D eigenvalue weighted by Gasteiger charge is -2.30.